The lowest BCUT2D eigenvalue weighted by atomic mass is 10.2. The number of carbonyl (C=O) groups excluding carboxylic acids is 1. The van der Waals surface area contributed by atoms with Gasteiger partial charge in [0, 0.05) is 7.05 Å². The van der Waals surface area contributed by atoms with Crippen molar-refractivity contribution in [3.05, 3.63) is 63.0 Å². The third-order valence-electron chi connectivity index (χ3n) is 3.82. The van der Waals surface area contributed by atoms with Gasteiger partial charge in [-0.1, -0.05) is 6.07 Å². The van der Waals surface area contributed by atoms with Gasteiger partial charge in [0.15, 0.2) is 5.17 Å². The lowest BCUT2D eigenvalue weighted by Crippen LogP contribution is -2.23. The van der Waals surface area contributed by atoms with Crippen LogP contribution in [0, 0.1) is 0 Å². The number of thioether (sulfide) groups is 1. The second kappa shape index (κ2) is 7.98. The Balaban J connectivity index is 1.85. The smallest absolute Gasteiger partial charge is 0.335 e. The van der Waals surface area contributed by atoms with Gasteiger partial charge in [0.25, 0.3) is 5.91 Å². The first-order valence-corrected chi connectivity index (χ1v) is 9.43. The molecule has 8 heteroatoms. The van der Waals surface area contributed by atoms with E-state index in [0.717, 1.165) is 10.0 Å². The Morgan fingerprint density at radius 2 is 1.96 bits per heavy atom. The zero-order valence-corrected chi connectivity index (χ0v) is 16.9. The second-order valence-corrected chi connectivity index (χ2v) is 7.48. The van der Waals surface area contributed by atoms with E-state index in [9.17, 15) is 9.59 Å². The number of halogens is 1. The van der Waals surface area contributed by atoms with Gasteiger partial charge >= 0.3 is 5.97 Å². The van der Waals surface area contributed by atoms with Crippen LogP contribution in [0.5, 0.6) is 5.75 Å². The SMILES string of the molecule is COc1ccc(/C=C2\SC(=Nc3ccc(C(=O)O)cc3)N(C)C2=O)cc1Br. The molecule has 0 aliphatic carbocycles. The Morgan fingerprint density at radius 1 is 1.26 bits per heavy atom. The number of benzene rings is 2. The van der Waals surface area contributed by atoms with Crippen molar-refractivity contribution in [2.75, 3.05) is 14.2 Å². The van der Waals surface area contributed by atoms with Gasteiger partial charge in [-0.05, 0) is 75.7 Å². The van der Waals surface area contributed by atoms with Gasteiger partial charge < -0.3 is 9.84 Å². The highest BCUT2D eigenvalue weighted by Gasteiger charge is 2.30. The van der Waals surface area contributed by atoms with Gasteiger partial charge in [-0.3, -0.25) is 9.69 Å². The number of aromatic carboxylic acids is 1. The summed E-state index contributed by atoms with van der Waals surface area (Å²) in [6.07, 6.45) is 1.80. The van der Waals surface area contributed by atoms with E-state index in [1.54, 1.807) is 32.4 Å². The number of rotatable bonds is 4. The number of amidine groups is 1. The number of hydrogen-bond donors (Lipinski definition) is 1. The van der Waals surface area contributed by atoms with Gasteiger partial charge in [0.2, 0.25) is 0 Å². The van der Waals surface area contributed by atoms with Gasteiger partial charge in [0.1, 0.15) is 5.75 Å². The number of methoxy groups -OCH3 is 1. The van der Waals surface area contributed by atoms with Crippen molar-refractivity contribution in [1.82, 2.24) is 4.90 Å². The van der Waals surface area contributed by atoms with Crippen molar-refractivity contribution < 1.29 is 19.4 Å². The van der Waals surface area contributed by atoms with E-state index in [1.165, 1.54) is 28.8 Å². The summed E-state index contributed by atoms with van der Waals surface area (Å²) < 4.78 is 6.01. The molecule has 2 aromatic carbocycles. The minimum absolute atomic E-state index is 0.146. The predicted octanol–water partition coefficient (Wildman–Crippen LogP) is 4.39. The zero-order chi connectivity index (χ0) is 19.6. The maximum absolute atomic E-state index is 12.5. The highest BCUT2D eigenvalue weighted by molar-refractivity contribution is 9.10. The van der Waals surface area contributed by atoms with Crippen molar-refractivity contribution >= 4 is 56.5 Å². The fraction of sp³-hybridized carbons (Fsp3) is 0.105. The molecule has 3 rings (SSSR count). The standard InChI is InChI=1S/C19H15BrN2O4S/c1-22-17(23)16(10-11-3-8-15(26-2)14(20)9-11)27-19(22)21-13-6-4-12(5-7-13)18(24)25/h3-10H,1-2H3,(H,24,25)/b16-10-,21-19?. The molecule has 2 aromatic rings. The maximum Gasteiger partial charge on any atom is 0.335 e. The topological polar surface area (TPSA) is 79.2 Å². The molecule has 0 atom stereocenters. The zero-order valence-electron chi connectivity index (χ0n) is 14.5. The average molecular weight is 447 g/mol. The molecule has 1 amide bonds. The highest BCUT2D eigenvalue weighted by atomic mass is 79.9. The molecule has 27 heavy (non-hydrogen) atoms. The van der Waals surface area contributed by atoms with E-state index in [-0.39, 0.29) is 11.5 Å². The van der Waals surface area contributed by atoms with Crippen LogP contribution in [0.1, 0.15) is 15.9 Å². The third kappa shape index (κ3) is 4.23. The molecule has 0 spiro atoms. The van der Waals surface area contributed by atoms with Crippen LogP contribution >= 0.6 is 27.7 Å². The summed E-state index contributed by atoms with van der Waals surface area (Å²) in [4.78, 5) is 29.9. The number of ether oxygens (including phenoxy) is 1. The van der Waals surface area contributed by atoms with Crippen LogP contribution in [0.2, 0.25) is 0 Å². The van der Waals surface area contributed by atoms with Crippen molar-refractivity contribution in [1.29, 1.82) is 0 Å². The first-order chi connectivity index (χ1) is 12.9. The van der Waals surface area contributed by atoms with Crippen LogP contribution in [0.4, 0.5) is 5.69 Å². The Labute approximate surface area is 168 Å². The molecule has 1 aliphatic rings. The molecule has 138 valence electrons. The van der Waals surface area contributed by atoms with Crippen LogP contribution < -0.4 is 4.74 Å². The first kappa shape index (κ1) is 19.2. The van der Waals surface area contributed by atoms with E-state index in [0.29, 0.717) is 21.5 Å². The van der Waals surface area contributed by atoms with Crippen molar-refractivity contribution in [3.8, 4) is 5.75 Å². The quantitative estimate of drug-likeness (QED) is 0.704. The lowest BCUT2D eigenvalue weighted by Gasteiger charge is -2.07. The molecule has 1 saturated heterocycles. The van der Waals surface area contributed by atoms with E-state index in [1.807, 2.05) is 18.2 Å². The number of likely N-dealkylation sites (N-methyl/N-ethyl adjacent to an activating group) is 1. The van der Waals surface area contributed by atoms with Crippen molar-refractivity contribution in [2.24, 2.45) is 4.99 Å². The summed E-state index contributed by atoms with van der Waals surface area (Å²) in [6, 6.07) is 11.7. The molecule has 1 heterocycles. The highest BCUT2D eigenvalue weighted by Crippen LogP contribution is 2.34. The molecule has 1 aliphatic heterocycles. The van der Waals surface area contributed by atoms with Crippen LogP contribution in [0.3, 0.4) is 0 Å². The fourth-order valence-corrected chi connectivity index (χ4v) is 3.91. The van der Waals surface area contributed by atoms with Crippen LogP contribution in [-0.2, 0) is 4.79 Å². The Kier molecular flexibility index (Phi) is 5.67. The fourth-order valence-electron chi connectivity index (χ4n) is 2.36. The number of carboxylic acid groups (broad SMARTS) is 1. The summed E-state index contributed by atoms with van der Waals surface area (Å²) in [6.45, 7) is 0. The van der Waals surface area contributed by atoms with E-state index in [2.05, 4.69) is 20.9 Å². The molecule has 0 unspecified atom stereocenters. The van der Waals surface area contributed by atoms with Gasteiger partial charge in [-0.2, -0.15) is 0 Å². The molecular formula is C19H15BrN2O4S. The molecule has 0 saturated carbocycles. The second-order valence-electron chi connectivity index (χ2n) is 5.62. The summed E-state index contributed by atoms with van der Waals surface area (Å²) in [5.41, 5.74) is 1.63. The van der Waals surface area contributed by atoms with E-state index in [4.69, 9.17) is 9.84 Å². The average Bonchev–Trinajstić information content (AvgIpc) is 2.90. The number of carbonyl (C=O) groups is 2. The molecule has 6 nitrogen and oxygen atoms in total. The molecular weight excluding hydrogens is 432 g/mol. The minimum Gasteiger partial charge on any atom is -0.496 e. The number of nitrogens with zero attached hydrogens (tertiary/aromatic N) is 2. The van der Waals surface area contributed by atoms with E-state index >= 15 is 0 Å². The molecule has 1 N–H and O–H groups in total. The number of carboxylic acids is 1. The Hall–Kier alpha value is -2.58. The lowest BCUT2D eigenvalue weighted by molar-refractivity contribution is -0.121. The number of amides is 1. The van der Waals surface area contributed by atoms with Gasteiger partial charge in [0.05, 0.1) is 27.7 Å². The largest absolute Gasteiger partial charge is 0.496 e. The normalized spacial score (nSPS) is 17.0. The van der Waals surface area contributed by atoms with Crippen molar-refractivity contribution in [3.63, 3.8) is 0 Å². The minimum atomic E-state index is -0.993. The molecule has 0 bridgehead atoms. The van der Waals surface area contributed by atoms with Crippen molar-refractivity contribution in [2.45, 2.75) is 0 Å². The monoisotopic (exact) mass is 446 g/mol. The van der Waals surface area contributed by atoms with E-state index < -0.39 is 5.97 Å². The number of aliphatic imine (C=N–C) groups is 1. The number of hydrogen-bond acceptors (Lipinski definition) is 5. The van der Waals surface area contributed by atoms with Crippen LogP contribution in [0.25, 0.3) is 6.08 Å². The molecule has 0 aromatic heterocycles. The molecule has 0 radical (unpaired) electrons. The first-order valence-electron chi connectivity index (χ1n) is 7.82. The van der Waals surface area contributed by atoms with Crippen LogP contribution in [0.15, 0.2) is 56.8 Å². The van der Waals surface area contributed by atoms with Crippen LogP contribution in [-0.4, -0.2) is 41.2 Å². The summed E-state index contributed by atoms with van der Waals surface area (Å²) >= 11 is 4.70. The summed E-state index contributed by atoms with van der Waals surface area (Å²) in [7, 11) is 3.25. The predicted molar refractivity (Wildman–Crippen MR) is 110 cm³/mol. The molecule has 1 fully saturated rings. The summed E-state index contributed by atoms with van der Waals surface area (Å²) in [5, 5.41) is 9.48. The maximum atomic E-state index is 12.5. The van der Waals surface area contributed by atoms with Gasteiger partial charge in [-0.25, -0.2) is 9.79 Å². The third-order valence-corrected chi connectivity index (χ3v) is 5.50. The van der Waals surface area contributed by atoms with Gasteiger partial charge in [-0.15, -0.1) is 0 Å². The Morgan fingerprint density at radius 3 is 2.56 bits per heavy atom. The summed E-state index contributed by atoms with van der Waals surface area (Å²) in [5.74, 6) is -0.424. The Bertz CT molecular complexity index is 970.